The Labute approximate surface area is 130 Å². The van der Waals surface area contributed by atoms with E-state index in [-0.39, 0.29) is 11.5 Å². The molecule has 1 aromatic rings. The Bertz CT molecular complexity index is 477. The maximum atomic E-state index is 11.9. The zero-order valence-corrected chi connectivity index (χ0v) is 13.3. The van der Waals surface area contributed by atoms with E-state index in [0.29, 0.717) is 17.9 Å². The number of nitrogens with two attached hydrogens (primary N) is 1. The van der Waals surface area contributed by atoms with Crippen molar-refractivity contribution in [2.75, 3.05) is 31.9 Å². The Morgan fingerprint density at radius 3 is 2.41 bits per heavy atom. The molecule has 7 nitrogen and oxygen atoms in total. The Kier molecular flexibility index (Phi) is 6.78. The van der Waals surface area contributed by atoms with Crippen LogP contribution in [-0.4, -0.2) is 54.0 Å². The van der Waals surface area contributed by atoms with Crippen molar-refractivity contribution in [2.24, 2.45) is 0 Å². The lowest BCUT2D eigenvalue weighted by atomic mass is 10.2. The molecule has 122 valence electrons. The van der Waals surface area contributed by atoms with Gasteiger partial charge < -0.3 is 20.7 Å². The van der Waals surface area contributed by atoms with Crippen molar-refractivity contribution < 1.29 is 14.3 Å². The van der Waals surface area contributed by atoms with Crippen LogP contribution in [0.3, 0.4) is 0 Å². The van der Waals surface area contributed by atoms with E-state index in [2.05, 4.69) is 15.0 Å². The number of carbonyl (C=O) groups is 2. The highest BCUT2D eigenvalue weighted by atomic mass is 16.5. The van der Waals surface area contributed by atoms with Crippen LogP contribution >= 0.6 is 0 Å². The van der Waals surface area contributed by atoms with Gasteiger partial charge in [0, 0.05) is 32.4 Å². The lowest BCUT2D eigenvalue weighted by Crippen LogP contribution is -2.46. The molecule has 0 atom stereocenters. The number of pyridine rings is 1. The van der Waals surface area contributed by atoms with Gasteiger partial charge in [0.25, 0.3) is 12.4 Å². The Hall–Kier alpha value is -2.15. The molecular formula is C15H24N4O3. The molecule has 0 spiro atoms. The molecule has 0 aliphatic carbocycles. The van der Waals surface area contributed by atoms with Crippen molar-refractivity contribution >= 4 is 18.2 Å². The van der Waals surface area contributed by atoms with Gasteiger partial charge in [0.1, 0.15) is 11.4 Å². The highest BCUT2D eigenvalue weighted by Crippen LogP contribution is 2.06. The quantitative estimate of drug-likeness (QED) is 0.779. The SMILES string of the molecule is CC(C)(C)OC=O.Nc1ccc(C(=O)N2CCNCC2)cn1. The number of carbonyl (C=O) groups excluding carboxylic acids is 2. The molecule has 0 aromatic carbocycles. The number of aromatic nitrogens is 1. The predicted molar refractivity (Wildman–Crippen MR) is 84.3 cm³/mol. The van der Waals surface area contributed by atoms with Crippen molar-refractivity contribution in [3.63, 3.8) is 0 Å². The summed E-state index contributed by atoms with van der Waals surface area (Å²) in [7, 11) is 0. The minimum Gasteiger partial charge on any atom is -0.462 e. The van der Waals surface area contributed by atoms with Crippen LogP contribution in [0.4, 0.5) is 5.82 Å². The summed E-state index contributed by atoms with van der Waals surface area (Å²) in [5.74, 6) is 0.468. The van der Waals surface area contributed by atoms with Crippen LogP contribution < -0.4 is 11.1 Å². The molecule has 2 heterocycles. The highest BCUT2D eigenvalue weighted by Gasteiger charge is 2.17. The first-order chi connectivity index (χ1) is 10.3. The van der Waals surface area contributed by atoms with Gasteiger partial charge in [-0.15, -0.1) is 0 Å². The molecule has 22 heavy (non-hydrogen) atoms. The summed E-state index contributed by atoms with van der Waals surface area (Å²) in [4.78, 5) is 27.3. The smallest absolute Gasteiger partial charge is 0.293 e. The Morgan fingerprint density at radius 1 is 1.36 bits per heavy atom. The Balaban J connectivity index is 0.000000295. The average molecular weight is 308 g/mol. The lowest BCUT2D eigenvalue weighted by Gasteiger charge is -2.27. The molecule has 2 rings (SSSR count). The number of hydrogen-bond donors (Lipinski definition) is 2. The second kappa shape index (κ2) is 8.33. The maximum absolute atomic E-state index is 11.9. The molecular weight excluding hydrogens is 284 g/mol. The third-order valence-corrected chi connectivity index (χ3v) is 2.84. The van der Waals surface area contributed by atoms with Gasteiger partial charge in [-0.3, -0.25) is 9.59 Å². The predicted octanol–water partition coefficient (Wildman–Crippen LogP) is 0.667. The fourth-order valence-corrected chi connectivity index (χ4v) is 1.73. The summed E-state index contributed by atoms with van der Waals surface area (Å²) in [6, 6.07) is 3.36. The van der Waals surface area contributed by atoms with Gasteiger partial charge in [0.15, 0.2) is 0 Å². The molecule has 0 bridgehead atoms. The third-order valence-electron chi connectivity index (χ3n) is 2.84. The molecule has 0 radical (unpaired) electrons. The standard InChI is InChI=1S/C10H14N4O.C5H10O2/c11-9-2-1-8(7-13-9)10(15)14-5-3-12-4-6-14;1-5(2,3)7-4-6/h1-2,7,12H,3-6H2,(H2,11,13);4H,1-3H3. The zero-order chi connectivity index (χ0) is 16.6. The number of anilines is 1. The van der Waals surface area contributed by atoms with E-state index >= 15 is 0 Å². The molecule has 1 aliphatic rings. The van der Waals surface area contributed by atoms with Gasteiger partial charge in [-0.1, -0.05) is 0 Å². The maximum Gasteiger partial charge on any atom is 0.293 e. The highest BCUT2D eigenvalue weighted by molar-refractivity contribution is 5.94. The van der Waals surface area contributed by atoms with E-state index in [0.717, 1.165) is 26.2 Å². The zero-order valence-electron chi connectivity index (χ0n) is 13.3. The van der Waals surface area contributed by atoms with Crippen molar-refractivity contribution in [2.45, 2.75) is 26.4 Å². The molecule has 0 saturated carbocycles. The van der Waals surface area contributed by atoms with E-state index < -0.39 is 0 Å². The minimum atomic E-state index is -0.318. The fourth-order valence-electron chi connectivity index (χ4n) is 1.73. The average Bonchev–Trinajstić information content (AvgIpc) is 2.48. The number of nitrogens with one attached hydrogen (secondary N) is 1. The fraction of sp³-hybridized carbons (Fsp3) is 0.533. The molecule has 1 fully saturated rings. The van der Waals surface area contributed by atoms with Gasteiger partial charge in [0.2, 0.25) is 0 Å². The molecule has 1 aromatic heterocycles. The molecule has 1 aliphatic heterocycles. The number of nitrogens with zero attached hydrogens (tertiary/aromatic N) is 2. The van der Waals surface area contributed by atoms with Crippen LogP contribution in [0.1, 0.15) is 31.1 Å². The van der Waals surface area contributed by atoms with Crippen molar-refractivity contribution in [3.05, 3.63) is 23.9 Å². The van der Waals surface area contributed by atoms with Gasteiger partial charge in [-0.2, -0.15) is 0 Å². The van der Waals surface area contributed by atoms with E-state index in [9.17, 15) is 9.59 Å². The summed E-state index contributed by atoms with van der Waals surface area (Å²) in [6.07, 6.45) is 1.53. The first kappa shape index (κ1) is 17.9. The van der Waals surface area contributed by atoms with Crippen molar-refractivity contribution in [1.82, 2.24) is 15.2 Å². The first-order valence-corrected chi connectivity index (χ1v) is 7.16. The number of ether oxygens (including phenoxy) is 1. The minimum absolute atomic E-state index is 0.0315. The van der Waals surface area contributed by atoms with Crippen molar-refractivity contribution in [1.29, 1.82) is 0 Å². The van der Waals surface area contributed by atoms with Gasteiger partial charge in [-0.05, 0) is 32.9 Å². The van der Waals surface area contributed by atoms with Gasteiger partial charge in [0.05, 0.1) is 5.56 Å². The van der Waals surface area contributed by atoms with E-state index in [4.69, 9.17) is 5.73 Å². The number of nitrogen functional groups attached to an aromatic ring is 1. The first-order valence-electron chi connectivity index (χ1n) is 7.16. The van der Waals surface area contributed by atoms with Crippen LogP contribution in [0.25, 0.3) is 0 Å². The van der Waals surface area contributed by atoms with Crippen LogP contribution in [-0.2, 0) is 9.53 Å². The summed E-state index contributed by atoms with van der Waals surface area (Å²) >= 11 is 0. The normalized spacial score (nSPS) is 14.6. The van der Waals surface area contributed by atoms with E-state index in [1.807, 2.05) is 25.7 Å². The van der Waals surface area contributed by atoms with Crippen LogP contribution in [0.5, 0.6) is 0 Å². The topological polar surface area (TPSA) is 97.5 Å². The van der Waals surface area contributed by atoms with Gasteiger partial charge in [-0.25, -0.2) is 4.98 Å². The summed E-state index contributed by atoms with van der Waals surface area (Å²) in [5.41, 5.74) is 5.74. The summed E-state index contributed by atoms with van der Waals surface area (Å²) < 4.78 is 4.55. The number of amides is 1. The Morgan fingerprint density at radius 2 is 2.00 bits per heavy atom. The third kappa shape index (κ3) is 6.53. The molecule has 1 saturated heterocycles. The van der Waals surface area contributed by atoms with E-state index in [1.54, 1.807) is 12.1 Å². The molecule has 7 heteroatoms. The number of rotatable bonds is 2. The van der Waals surface area contributed by atoms with Gasteiger partial charge >= 0.3 is 0 Å². The van der Waals surface area contributed by atoms with Crippen LogP contribution in [0.2, 0.25) is 0 Å². The largest absolute Gasteiger partial charge is 0.462 e. The number of hydrogen-bond acceptors (Lipinski definition) is 6. The van der Waals surface area contributed by atoms with Crippen molar-refractivity contribution in [3.8, 4) is 0 Å². The monoisotopic (exact) mass is 308 g/mol. The summed E-state index contributed by atoms with van der Waals surface area (Å²) in [6.45, 7) is 9.14. The van der Waals surface area contributed by atoms with E-state index in [1.165, 1.54) is 6.20 Å². The lowest BCUT2D eigenvalue weighted by molar-refractivity contribution is -0.138. The second-order valence-corrected chi connectivity index (χ2v) is 5.84. The van der Waals surface area contributed by atoms with Crippen LogP contribution in [0, 0.1) is 0 Å². The second-order valence-electron chi connectivity index (χ2n) is 5.84. The molecule has 0 unspecified atom stereocenters. The number of piperazine rings is 1. The summed E-state index contributed by atoms with van der Waals surface area (Å²) in [5, 5.41) is 3.20. The molecule has 3 N–H and O–H groups in total. The van der Waals surface area contributed by atoms with Crippen LogP contribution in [0.15, 0.2) is 18.3 Å². The molecule has 1 amide bonds.